The minimum absolute atomic E-state index is 0.407. The molecule has 0 aliphatic heterocycles. The summed E-state index contributed by atoms with van der Waals surface area (Å²) in [6.07, 6.45) is 2.49. The van der Waals surface area contributed by atoms with Gasteiger partial charge in [-0.25, -0.2) is 9.97 Å². The van der Waals surface area contributed by atoms with Crippen molar-refractivity contribution in [3.05, 3.63) is 6.07 Å². The number of anilines is 2. The van der Waals surface area contributed by atoms with Crippen LogP contribution in [0.15, 0.2) is 11.2 Å². The van der Waals surface area contributed by atoms with Gasteiger partial charge in [-0.05, 0) is 13.2 Å². The molecule has 7 heteroatoms. The maximum absolute atomic E-state index is 10.2. The van der Waals surface area contributed by atoms with Crippen LogP contribution in [0.1, 0.15) is 13.3 Å². The van der Waals surface area contributed by atoms with E-state index < -0.39 is 5.60 Å². The van der Waals surface area contributed by atoms with Gasteiger partial charge in [0, 0.05) is 39.8 Å². The van der Waals surface area contributed by atoms with Crippen molar-refractivity contribution in [2.45, 2.75) is 24.1 Å². The van der Waals surface area contributed by atoms with Gasteiger partial charge in [-0.2, -0.15) is 0 Å². The molecule has 108 valence electrons. The van der Waals surface area contributed by atoms with E-state index >= 15 is 0 Å². The number of aromatic nitrogens is 2. The van der Waals surface area contributed by atoms with E-state index in [4.69, 9.17) is 4.74 Å². The Labute approximate surface area is 118 Å². The molecule has 0 aromatic carbocycles. The quantitative estimate of drug-likeness (QED) is 0.493. The minimum Gasteiger partial charge on any atom is -0.388 e. The second-order valence-corrected chi connectivity index (χ2v) is 5.24. The lowest BCUT2D eigenvalue weighted by atomic mass is 10.0. The Kier molecular flexibility index (Phi) is 6.33. The Morgan fingerprint density at radius 2 is 2.11 bits per heavy atom. The topological polar surface area (TPSA) is 79.3 Å². The molecule has 0 fully saturated rings. The zero-order valence-corrected chi connectivity index (χ0v) is 12.7. The Morgan fingerprint density at radius 1 is 1.42 bits per heavy atom. The van der Waals surface area contributed by atoms with Crippen LogP contribution in [-0.2, 0) is 4.74 Å². The fraction of sp³-hybridized carbons (Fsp3) is 0.667. The van der Waals surface area contributed by atoms with Crippen LogP contribution in [0, 0.1) is 0 Å². The lowest BCUT2D eigenvalue weighted by Crippen LogP contribution is -2.34. The smallest absolute Gasteiger partial charge is 0.191 e. The summed E-state index contributed by atoms with van der Waals surface area (Å²) in [6, 6.07) is 1.81. The van der Waals surface area contributed by atoms with Crippen LogP contribution in [-0.4, -0.2) is 54.2 Å². The summed E-state index contributed by atoms with van der Waals surface area (Å²) < 4.78 is 4.98. The van der Waals surface area contributed by atoms with Crippen LogP contribution >= 0.6 is 11.8 Å². The summed E-state index contributed by atoms with van der Waals surface area (Å²) in [4.78, 5) is 8.62. The molecule has 0 radical (unpaired) electrons. The van der Waals surface area contributed by atoms with Crippen molar-refractivity contribution in [3.63, 3.8) is 0 Å². The normalized spacial score (nSPS) is 13.9. The molecule has 0 saturated carbocycles. The number of hydrogen-bond acceptors (Lipinski definition) is 7. The van der Waals surface area contributed by atoms with Crippen LogP contribution in [0.4, 0.5) is 11.6 Å². The van der Waals surface area contributed by atoms with E-state index in [1.165, 1.54) is 11.8 Å². The van der Waals surface area contributed by atoms with Crippen LogP contribution in [0.25, 0.3) is 0 Å². The summed E-state index contributed by atoms with van der Waals surface area (Å²) in [5.74, 6) is 1.44. The molecule has 0 amide bonds. The lowest BCUT2D eigenvalue weighted by molar-refractivity contribution is 0.0357. The number of nitrogens with zero attached hydrogens (tertiary/aromatic N) is 2. The fourth-order valence-electron chi connectivity index (χ4n) is 1.43. The predicted molar refractivity (Wildman–Crippen MR) is 79.0 cm³/mol. The molecule has 1 aromatic heterocycles. The van der Waals surface area contributed by atoms with Gasteiger partial charge < -0.3 is 20.5 Å². The van der Waals surface area contributed by atoms with Gasteiger partial charge in [0.25, 0.3) is 0 Å². The number of ether oxygens (including phenoxy) is 1. The molecule has 3 N–H and O–H groups in total. The number of thioether (sulfide) groups is 1. The molecule has 1 rings (SSSR count). The highest BCUT2D eigenvalue weighted by molar-refractivity contribution is 7.98. The van der Waals surface area contributed by atoms with Crippen molar-refractivity contribution >= 4 is 23.4 Å². The molecule has 0 bridgehead atoms. The Bertz CT molecular complexity index is 379. The Morgan fingerprint density at radius 3 is 2.68 bits per heavy atom. The molecule has 6 nitrogen and oxygen atoms in total. The number of rotatable bonds is 8. The zero-order valence-electron chi connectivity index (χ0n) is 11.9. The second kappa shape index (κ2) is 7.52. The lowest BCUT2D eigenvalue weighted by Gasteiger charge is -2.23. The van der Waals surface area contributed by atoms with Gasteiger partial charge in [-0.1, -0.05) is 11.8 Å². The van der Waals surface area contributed by atoms with Gasteiger partial charge in [0.15, 0.2) is 5.16 Å². The Hall–Kier alpha value is -1.05. The third kappa shape index (κ3) is 5.63. The maximum atomic E-state index is 10.2. The molecule has 1 aromatic rings. The summed E-state index contributed by atoms with van der Waals surface area (Å²) >= 11 is 1.48. The first-order chi connectivity index (χ1) is 9.00. The van der Waals surface area contributed by atoms with Crippen molar-refractivity contribution in [1.29, 1.82) is 0 Å². The standard InChI is InChI=1S/C12H22N4O2S/c1-12(17,5-6-18-3)8-14-10-7-9(13-2)15-11(16-10)19-4/h7,17H,5-6,8H2,1-4H3,(H2,13,14,15,16). The number of nitrogens with one attached hydrogen (secondary N) is 2. The van der Waals surface area contributed by atoms with E-state index in [9.17, 15) is 5.11 Å². The summed E-state index contributed by atoms with van der Waals surface area (Å²) in [6.45, 7) is 2.70. The van der Waals surface area contributed by atoms with Crippen molar-refractivity contribution < 1.29 is 9.84 Å². The fourth-order valence-corrected chi connectivity index (χ4v) is 1.81. The van der Waals surface area contributed by atoms with Gasteiger partial charge in [0.1, 0.15) is 11.6 Å². The summed E-state index contributed by atoms with van der Waals surface area (Å²) in [7, 11) is 3.43. The van der Waals surface area contributed by atoms with Crippen LogP contribution in [0.3, 0.4) is 0 Å². The average molecular weight is 286 g/mol. The van der Waals surface area contributed by atoms with Crippen molar-refractivity contribution in [3.8, 4) is 0 Å². The van der Waals surface area contributed by atoms with Gasteiger partial charge in [-0.15, -0.1) is 0 Å². The molecule has 0 saturated heterocycles. The largest absolute Gasteiger partial charge is 0.388 e. The SMILES string of the molecule is CNc1cc(NCC(C)(O)CCOC)nc(SC)n1. The van der Waals surface area contributed by atoms with E-state index in [1.807, 2.05) is 19.4 Å². The molecule has 19 heavy (non-hydrogen) atoms. The van der Waals surface area contributed by atoms with Crippen molar-refractivity contribution in [2.24, 2.45) is 0 Å². The number of aliphatic hydroxyl groups is 1. The number of hydrogen-bond donors (Lipinski definition) is 3. The van der Waals surface area contributed by atoms with Crippen molar-refractivity contribution in [2.75, 3.05) is 44.2 Å². The monoisotopic (exact) mass is 286 g/mol. The van der Waals surface area contributed by atoms with Gasteiger partial charge in [-0.3, -0.25) is 0 Å². The van der Waals surface area contributed by atoms with Gasteiger partial charge >= 0.3 is 0 Å². The first-order valence-corrected chi connectivity index (χ1v) is 7.29. The minimum atomic E-state index is -0.833. The van der Waals surface area contributed by atoms with Crippen LogP contribution in [0.5, 0.6) is 0 Å². The predicted octanol–water partition coefficient (Wildman–Crippen LogP) is 1.44. The zero-order chi connectivity index (χ0) is 14.3. The molecule has 0 spiro atoms. The number of methoxy groups -OCH3 is 1. The molecule has 0 aliphatic carbocycles. The molecule has 0 aliphatic rings. The first-order valence-electron chi connectivity index (χ1n) is 6.07. The molecular formula is C12H22N4O2S. The highest BCUT2D eigenvalue weighted by atomic mass is 32.2. The third-order valence-electron chi connectivity index (χ3n) is 2.64. The van der Waals surface area contributed by atoms with E-state index in [0.29, 0.717) is 30.5 Å². The molecular weight excluding hydrogens is 264 g/mol. The highest BCUT2D eigenvalue weighted by Crippen LogP contribution is 2.18. The maximum Gasteiger partial charge on any atom is 0.191 e. The van der Waals surface area contributed by atoms with Gasteiger partial charge in [0.2, 0.25) is 0 Å². The van der Waals surface area contributed by atoms with Gasteiger partial charge in [0.05, 0.1) is 5.60 Å². The van der Waals surface area contributed by atoms with Crippen LogP contribution in [0.2, 0.25) is 0 Å². The molecule has 1 atom stereocenters. The summed E-state index contributed by atoms with van der Waals surface area (Å²) in [5.41, 5.74) is -0.833. The van der Waals surface area contributed by atoms with Crippen molar-refractivity contribution in [1.82, 2.24) is 9.97 Å². The molecule has 1 unspecified atom stereocenters. The van der Waals surface area contributed by atoms with E-state index in [2.05, 4.69) is 20.6 Å². The average Bonchev–Trinajstić information content (AvgIpc) is 2.42. The Balaban J connectivity index is 2.66. The van der Waals surface area contributed by atoms with E-state index in [0.717, 1.165) is 5.82 Å². The van der Waals surface area contributed by atoms with Crippen LogP contribution < -0.4 is 10.6 Å². The highest BCUT2D eigenvalue weighted by Gasteiger charge is 2.20. The summed E-state index contributed by atoms with van der Waals surface area (Å²) in [5, 5.41) is 17.0. The second-order valence-electron chi connectivity index (χ2n) is 4.47. The van der Waals surface area contributed by atoms with E-state index in [1.54, 1.807) is 14.0 Å². The molecule has 1 heterocycles. The first kappa shape index (κ1) is 16.0. The third-order valence-corrected chi connectivity index (χ3v) is 3.19. The van der Waals surface area contributed by atoms with E-state index in [-0.39, 0.29) is 0 Å².